The van der Waals surface area contributed by atoms with Crippen LogP contribution in [0.1, 0.15) is 52.6 Å². The summed E-state index contributed by atoms with van der Waals surface area (Å²) in [6.07, 6.45) is 4.42. The van der Waals surface area contributed by atoms with Crippen LogP contribution in [0, 0.1) is 0 Å². The van der Waals surface area contributed by atoms with E-state index in [-0.39, 0.29) is 22.7 Å². The van der Waals surface area contributed by atoms with Gasteiger partial charge in [0.05, 0.1) is 12.3 Å². The number of carbonyl (C=O) groups excluding carboxylic acids is 2. The molecule has 1 fully saturated rings. The third-order valence-corrected chi connectivity index (χ3v) is 4.49. The van der Waals surface area contributed by atoms with E-state index >= 15 is 0 Å². The number of anilines is 2. The Morgan fingerprint density at radius 2 is 2.05 bits per heavy atom. The maximum atomic E-state index is 12.0. The molecular formula is C13H19N3O3S. The normalized spacial score (nSPS) is 15.2. The molecule has 5 N–H and O–H groups in total. The summed E-state index contributed by atoms with van der Waals surface area (Å²) in [6, 6.07) is 0.307. The Morgan fingerprint density at radius 1 is 1.40 bits per heavy atom. The van der Waals surface area contributed by atoms with E-state index in [1.807, 2.05) is 0 Å². The smallest absolute Gasteiger partial charge is 0.343 e. The maximum absolute atomic E-state index is 12.0. The van der Waals surface area contributed by atoms with E-state index in [2.05, 4.69) is 5.32 Å². The van der Waals surface area contributed by atoms with Crippen LogP contribution in [0.4, 0.5) is 10.7 Å². The van der Waals surface area contributed by atoms with E-state index in [9.17, 15) is 9.59 Å². The van der Waals surface area contributed by atoms with Gasteiger partial charge >= 0.3 is 5.97 Å². The van der Waals surface area contributed by atoms with E-state index < -0.39 is 11.9 Å². The second-order valence-corrected chi connectivity index (χ2v) is 5.78. The Balaban J connectivity index is 2.34. The maximum Gasteiger partial charge on any atom is 0.343 e. The average Bonchev–Trinajstić information content (AvgIpc) is 2.98. The minimum atomic E-state index is -0.627. The van der Waals surface area contributed by atoms with Gasteiger partial charge in [0.15, 0.2) is 0 Å². The number of nitrogens with two attached hydrogens (primary N) is 2. The van der Waals surface area contributed by atoms with Gasteiger partial charge in [-0.05, 0) is 19.8 Å². The zero-order valence-electron chi connectivity index (χ0n) is 11.4. The Labute approximate surface area is 121 Å². The minimum Gasteiger partial charge on any atom is -0.462 e. The first-order valence-corrected chi connectivity index (χ1v) is 7.52. The molecule has 0 atom stereocenters. The predicted molar refractivity (Wildman–Crippen MR) is 79.1 cm³/mol. The fourth-order valence-electron chi connectivity index (χ4n) is 2.39. The molecule has 2 rings (SSSR count). The molecule has 1 aromatic heterocycles. The van der Waals surface area contributed by atoms with Gasteiger partial charge in [-0.3, -0.25) is 4.79 Å². The molecule has 0 saturated heterocycles. The molecule has 20 heavy (non-hydrogen) atoms. The number of nitrogen functional groups attached to an aromatic ring is 1. The number of primary amides is 1. The molecule has 1 aliphatic rings. The zero-order chi connectivity index (χ0) is 14.7. The van der Waals surface area contributed by atoms with Gasteiger partial charge in [-0.25, -0.2) is 4.79 Å². The molecule has 0 bridgehead atoms. The van der Waals surface area contributed by atoms with Crippen LogP contribution in [0.3, 0.4) is 0 Å². The van der Waals surface area contributed by atoms with Crippen LogP contribution in [-0.2, 0) is 4.74 Å². The lowest BCUT2D eigenvalue weighted by molar-refractivity contribution is 0.0529. The highest BCUT2D eigenvalue weighted by Gasteiger charge is 2.27. The van der Waals surface area contributed by atoms with Crippen molar-refractivity contribution in [1.82, 2.24) is 0 Å². The number of carbonyl (C=O) groups is 2. The number of nitrogens with one attached hydrogen (secondary N) is 1. The standard InChI is InChI=1S/C13H19N3O3S/c1-2-19-13(18)8-9(14)10(11(15)17)20-12(8)16-7-5-3-4-6-7/h7,16H,2-6,14H2,1H3,(H2,15,17). The van der Waals surface area contributed by atoms with Crippen LogP contribution in [-0.4, -0.2) is 24.5 Å². The van der Waals surface area contributed by atoms with Crippen molar-refractivity contribution in [3.8, 4) is 0 Å². The third kappa shape index (κ3) is 2.87. The molecule has 0 radical (unpaired) electrons. The summed E-state index contributed by atoms with van der Waals surface area (Å²) >= 11 is 1.12. The summed E-state index contributed by atoms with van der Waals surface area (Å²) in [4.78, 5) is 23.6. The van der Waals surface area contributed by atoms with Crippen molar-refractivity contribution in [3.05, 3.63) is 10.4 Å². The molecule has 1 amide bonds. The summed E-state index contributed by atoms with van der Waals surface area (Å²) in [5.74, 6) is -1.15. The molecule has 0 unspecified atom stereocenters. The van der Waals surface area contributed by atoms with Gasteiger partial charge in [0, 0.05) is 6.04 Å². The van der Waals surface area contributed by atoms with E-state index in [4.69, 9.17) is 16.2 Å². The molecular weight excluding hydrogens is 278 g/mol. The van der Waals surface area contributed by atoms with Crippen LogP contribution >= 0.6 is 11.3 Å². The van der Waals surface area contributed by atoms with Gasteiger partial charge in [0.1, 0.15) is 15.4 Å². The van der Waals surface area contributed by atoms with Gasteiger partial charge in [-0.15, -0.1) is 11.3 Å². The monoisotopic (exact) mass is 297 g/mol. The quantitative estimate of drug-likeness (QED) is 0.720. The molecule has 1 saturated carbocycles. The Morgan fingerprint density at radius 3 is 2.60 bits per heavy atom. The summed E-state index contributed by atoms with van der Waals surface area (Å²) < 4.78 is 5.00. The lowest BCUT2D eigenvalue weighted by Crippen LogP contribution is -2.17. The topological polar surface area (TPSA) is 107 Å². The largest absolute Gasteiger partial charge is 0.462 e. The van der Waals surface area contributed by atoms with Crippen molar-refractivity contribution in [3.63, 3.8) is 0 Å². The van der Waals surface area contributed by atoms with E-state index in [1.165, 1.54) is 0 Å². The molecule has 110 valence electrons. The average molecular weight is 297 g/mol. The van der Waals surface area contributed by atoms with E-state index in [0.717, 1.165) is 37.0 Å². The number of ether oxygens (including phenoxy) is 1. The Bertz CT molecular complexity index is 521. The fourth-order valence-corrected chi connectivity index (χ4v) is 3.43. The summed E-state index contributed by atoms with van der Waals surface area (Å²) in [7, 11) is 0. The molecule has 6 nitrogen and oxygen atoms in total. The highest BCUT2D eigenvalue weighted by atomic mass is 32.1. The number of amides is 1. The van der Waals surface area contributed by atoms with Crippen LogP contribution in [0.5, 0.6) is 0 Å². The van der Waals surface area contributed by atoms with Crippen molar-refractivity contribution in [2.45, 2.75) is 38.6 Å². The third-order valence-electron chi connectivity index (χ3n) is 3.34. The highest BCUT2D eigenvalue weighted by molar-refractivity contribution is 7.19. The Hall–Kier alpha value is -1.76. The van der Waals surface area contributed by atoms with Crippen molar-refractivity contribution in [2.24, 2.45) is 5.73 Å². The summed E-state index contributed by atoms with van der Waals surface area (Å²) in [6.45, 7) is 1.97. The first kappa shape index (κ1) is 14.6. The minimum absolute atomic E-state index is 0.112. The predicted octanol–water partition coefficient (Wildman–Crippen LogP) is 1.96. The van der Waals surface area contributed by atoms with Gasteiger partial charge in [0.25, 0.3) is 5.91 Å². The lowest BCUT2D eigenvalue weighted by atomic mass is 10.2. The number of hydrogen-bond donors (Lipinski definition) is 3. The molecule has 7 heteroatoms. The van der Waals surface area contributed by atoms with Crippen LogP contribution < -0.4 is 16.8 Å². The highest BCUT2D eigenvalue weighted by Crippen LogP contribution is 2.37. The van der Waals surface area contributed by atoms with Gasteiger partial charge < -0.3 is 21.5 Å². The second-order valence-electron chi connectivity index (χ2n) is 4.76. The number of thiophene rings is 1. The molecule has 0 spiro atoms. The first-order valence-electron chi connectivity index (χ1n) is 6.70. The molecule has 1 aliphatic carbocycles. The van der Waals surface area contributed by atoms with Crippen LogP contribution in [0.25, 0.3) is 0 Å². The lowest BCUT2D eigenvalue weighted by Gasteiger charge is -2.13. The van der Waals surface area contributed by atoms with Gasteiger partial charge in [0.2, 0.25) is 0 Å². The number of esters is 1. The summed E-state index contributed by atoms with van der Waals surface area (Å²) in [5.41, 5.74) is 11.5. The molecule has 1 aromatic rings. The van der Waals surface area contributed by atoms with Crippen LogP contribution in [0.2, 0.25) is 0 Å². The van der Waals surface area contributed by atoms with Gasteiger partial charge in [-0.2, -0.15) is 0 Å². The van der Waals surface area contributed by atoms with Crippen molar-refractivity contribution in [1.29, 1.82) is 0 Å². The first-order chi connectivity index (χ1) is 9.54. The van der Waals surface area contributed by atoms with Crippen molar-refractivity contribution >= 4 is 33.9 Å². The van der Waals surface area contributed by atoms with E-state index in [1.54, 1.807) is 6.92 Å². The SMILES string of the molecule is CCOC(=O)c1c(NC2CCCC2)sc(C(N)=O)c1N. The van der Waals surface area contributed by atoms with E-state index in [0.29, 0.717) is 11.0 Å². The molecule has 1 heterocycles. The van der Waals surface area contributed by atoms with Crippen molar-refractivity contribution < 1.29 is 14.3 Å². The number of hydrogen-bond acceptors (Lipinski definition) is 6. The number of rotatable bonds is 5. The Kier molecular flexibility index (Phi) is 4.49. The fraction of sp³-hybridized carbons (Fsp3) is 0.538. The second kappa shape index (κ2) is 6.13. The van der Waals surface area contributed by atoms with Crippen molar-refractivity contribution in [2.75, 3.05) is 17.7 Å². The zero-order valence-corrected chi connectivity index (χ0v) is 12.2. The van der Waals surface area contributed by atoms with Crippen LogP contribution in [0.15, 0.2) is 0 Å². The molecule has 0 aliphatic heterocycles. The molecule has 0 aromatic carbocycles. The summed E-state index contributed by atoms with van der Waals surface area (Å²) in [5, 5.41) is 3.88. The van der Waals surface area contributed by atoms with Gasteiger partial charge in [-0.1, -0.05) is 12.8 Å².